The molecular formula is C56H49NO. The van der Waals surface area contributed by atoms with Crippen molar-refractivity contribution >= 4 is 49.8 Å². The normalized spacial score (nSPS) is 13.7. The number of furan rings is 1. The standard InChI is InChI=1S/C56H49NO/c1-56(2,3)42-34-31-39(32-35-42)43-21-7-11-27-50(43)57(51-28-12-8-22-44(51)41-33-36-54-49(37-41)47-24-10-14-30-53(47)58-54)52-29-13-9-23-46(52)48-26-16-20-40-19-15-25-45(55(40)48)38-17-5-4-6-18-38/h7-16,19-38H,4-6,17-18H2,1-3H3. The van der Waals surface area contributed by atoms with Crippen molar-refractivity contribution in [3.8, 4) is 33.4 Å². The number of hydrogen-bond donors (Lipinski definition) is 0. The van der Waals surface area contributed by atoms with Crippen molar-refractivity contribution in [1.29, 1.82) is 0 Å². The van der Waals surface area contributed by atoms with Gasteiger partial charge in [-0.3, -0.25) is 0 Å². The Morgan fingerprint density at radius 2 is 1.02 bits per heavy atom. The Kier molecular flexibility index (Phi) is 9.21. The van der Waals surface area contributed by atoms with Gasteiger partial charge in [0.25, 0.3) is 0 Å². The predicted molar refractivity (Wildman–Crippen MR) is 247 cm³/mol. The molecule has 2 nitrogen and oxygen atoms in total. The maximum atomic E-state index is 6.30. The van der Waals surface area contributed by atoms with Crippen LogP contribution in [0.4, 0.5) is 17.1 Å². The number of hydrogen-bond acceptors (Lipinski definition) is 2. The van der Waals surface area contributed by atoms with Crippen LogP contribution in [0.5, 0.6) is 0 Å². The van der Waals surface area contributed by atoms with Gasteiger partial charge in [-0.15, -0.1) is 0 Å². The average molecular weight is 752 g/mol. The van der Waals surface area contributed by atoms with E-state index in [9.17, 15) is 0 Å². The second kappa shape index (κ2) is 14.8. The third kappa shape index (κ3) is 6.47. The smallest absolute Gasteiger partial charge is 0.135 e. The molecule has 0 saturated heterocycles. The van der Waals surface area contributed by atoms with E-state index in [1.54, 1.807) is 0 Å². The molecule has 0 unspecified atom stereocenters. The highest BCUT2D eigenvalue weighted by atomic mass is 16.3. The van der Waals surface area contributed by atoms with Gasteiger partial charge in [0.05, 0.1) is 17.1 Å². The lowest BCUT2D eigenvalue weighted by Gasteiger charge is -2.32. The Morgan fingerprint density at radius 3 is 1.72 bits per heavy atom. The number of rotatable bonds is 7. The first-order chi connectivity index (χ1) is 28.4. The van der Waals surface area contributed by atoms with E-state index in [0.29, 0.717) is 5.92 Å². The van der Waals surface area contributed by atoms with Crippen LogP contribution in [0, 0.1) is 0 Å². The summed E-state index contributed by atoms with van der Waals surface area (Å²) in [6, 6.07) is 65.0. The zero-order chi connectivity index (χ0) is 39.2. The van der Waals surface area contributed by atoms with Crippen LogP contribution in [0.2, 0.25) is 0 Å². The van der Waals surface area contributed by atoms with Crippen LogP contribution >= 0.6 is 0 Å². The molecule has 9 aromatic rings. The highest BCUT2D eigenvalue weighted by molar-refractivity contribution is 6.08. The first kappa shape index (κ1) is 36.0. The Hall–Kier alpha value is -6.38. The van der Waals surface area contributed by atoms with E-state index in [4.69, 9.17) is 4.42 Å². The largest absolute Gasteiger partial charge is 0.456 e. The zero-order valence-electron chi connectivity index (χ0n) is 33.7. The molecule has 1 saturated carbocycles. The summed E-state index contributed by atoms with van der Waals surface area (Å²) < 4.78 is 6.30. The molecule has 10 rings (SSSR count). The molecule has 8 aromatic carbocycles. The monoisotopic (exact) mass is 751 g/mol. The van der Waals surface area contributed by atoms with Gasteiger partial charge >= 0.3 is 0 Å². The second-order valence-corrected chi connectivity index (χ2v) is 17.1. The molecule has 58 heavy (non-hydrogen) atoms. The Morgan fingerprint density at radius 1 is 0.466 bits per heavy atom. The number of para-hydroxylation sites is 4. The molecule has 0 atom stereocenters. The van der Waals surface area contributed by atoms with Crippen molar-refractivity contribution in [1.82, 2.24) is 0 Å². The van der Waals surface area contributed by atoms with Crippen molar-refractivity contribution in [3.63, 3.8) is 0 Å². The molecule has 1 aromatic heterocycles. The van der Waals surface area contributed by atoms with E-state index >= 15 is 0 Å². The van der Waals surface area contributed by atoms with Crippen LogP contribution in [-0.2, 0) is 5.41 Å². The third-order valence-corrected chi connectivity index (χ3v) is 12.5. The fraction of sp³-hybridized carbons (Fsp3) is 0.179. The van der Waals surface area contributed by atoms with Gasteiger partial charge in [-0.1, -0.05) is 180 Å². The molecule has 0 radical (unpaired) electrons. The molecule has 1 fully saturated rings. The molecule has 0 N–H and O–H groups in total. The topological polar surface area (TPSA) is 16.4 Å². The van der Waals surface area contributed by atoms with Crippen LogP contribution in [0.1, 0.15) is 69.9 Å². The van der Waals surface area contributed by atoms with Gasteiger partial charge in [-0.25, -0.2) is 0 Å². The van der Waals surface area contributed by atoms with Crippen LogP contribution in [0.3, 0.4) is 0 Å². The zero-order valence-corrected chi connectivity index (χ0v) is 33.7. The average Bonchev–Trinajstić information content (AvgIpc) is 3.65. The lowest BCUT2D eigenvalue weighted by Crippen LogP contribution is -2.14. The molecule has 284 valence electrons. The summed E-state index contributed by atoms with van der Waals surface area (Å²) >= 11 is 0. The summed E-state index contributed by atoms with van der Waals surface area (Å²) in [4.78, 5) is 2.53. The van der Waals surface area contributed by atoms with Gasteiger partial charge in [-0.05, 0) is 99.2 Å². The number of fused-ring (bicyclic) bond motifs is 4. The summed E-state index contributed by atoms with van der Waals surface area (Å²) in [5.74, 6) is 0.577. The molecule has 1 aliphatic carbocycles. The highest BCUT2D eigenvalue weighted by Gasteiger charge is 2.26. The maximum Gasteiger partial charge on any atom is 0.135 e. The van der Waals surface area contributed by atoms with Gasteiger partial charge in [0.1, 0.15) is 11.2 Å². The molecular weight excluding hydrogens is 703 g/mol. The summed E-state index contributed by atoms with van der Waals surface area (Å²) in [6.45, 7) is 6.84. The van der Waals surface area contributed by atoms with Gasteiger partial charge in [0, 0.05) is 27.5 Å². The second-order valence-electron chi connectivity index (χ2n) is 17.1. The van der Waals surface area contributed by atoms with Crippen molar-refractivity contribution in [2.75, 3.05) is 4.90 Å². The van der Waals surface area contributed by atoms with Gasteiger partial charge in [-0.2, -0.15) is 0 Å². The summed E-state index contributed by atoms with van der Waals surface area (Å²) in [7, 11) is 0. The molecule has 0 bridgehead atoms. The quantitative estimate of drug-likeness (QED) is 0.161. The van der Waals surface area contributed by atoms with E-state index < -0.39 is 0 Å². The van der Waals surface area contributed by atoms with Gasteiger partial charge in [0.15, 0.2) is 0 Å². The first-order valence-corrected chi connectivity index (χ1v) is 21.0. The van der Waals surface area contributed by atoms with E-state index in [2.05, 4.69) is 196 Å². The Balaban J connectivity index is 1.23. The fourth-order valence-electron chi connectivity index (χ4n) is 9.50. The SMILES string of the molecule is CC(C)(C)c1ccc(-c2ccccc2N(c2ccccc2-c2ccc3oc4ccccc4c3c2)c2ccccc2-c2cccc3cccc(C4CCCCC4)c23)cc1. The molecule has 0 spiro atoms. The van der Waals surface area contributed by atoms with E-state index in [1.807, 2.05) is 6.07 Å². The van der Waals surface area contributed by atoms with Crippen molar-refractivity contribution in [2.45, 2.75) is 64.2 Å². The lowest BCUT2D eigenvalue weighted by atomic mass is 9.80. The Bertz CT molecular complexity index is 2910. The minimum Gasteiger partial charge on any atom is -0.456 e. The van der Waals surface area contributed by atoms with Gasteiger partial charge in [0.2, 0.25) is 0 Å². The van der Waals surface area contributed by atoms with Crippen LogP contribution < -0.4 is 4.90 Å². The van der Waals surface area contributed by atoms with Gasteiger partial charge < -0.3 is 9.32 Å². The lowest BCUT2D eigenvalue weighted by molar-refractivity contribution is 0.445. The Labute approximate surface area is 342 Å². The molecule has 0 amide bonds. The van der Waals surface area contributed by atoms with Crippen LogP contribution in [0.15, 0.2) is 180 Å². The van der Waals surface area contributed by atoms with Crippen molar-refractivity contribution < 1.29 is 4.42 Å². The predicted octanol–water partition coefficient (Wildman–Crippen LogP) is 16.6. The van der Waals surface area contributed by atoms with Crippen molar-refractivity contribution in [3.05, 3.63) is 187 Å². The molecule has 0 aliphatic heterocycles. The first-order valence-electron chi connectivity index (χ1n) is 21.0. The van der Waals surface area contributed by atoms with E-state index in [-0.39, 0.29) is 5.41 Å². The summed E-state index contributed by atoms with van der Waals surface area (Å²) in [6.07, 6.45) is 6.46. The molecule has 1 heterocycles. The van der Waals surface area contributed by atoms with E-state index in [0.717, 1.165) is 50.1 Å². The van der Waals surface area contributed by atoms with Crippen LogP contribution in [0.25, 0.3) is 66.1 Å². The minimum absolute atomic E-state index is 0.0678. The number of anilines is 3. The summed E-state index contributed by atoms with van der Waals surface area (Å²) in [5.41, 5.74) is 15.3. The molecule has 2 heteroatoms. The number of benzene rings is 8. The van der Waals surface area contributed by atoms with Crippen molar-refractivity contribution in [2.24, 2.45) is 0 Å². The third-order valence-electron chi connectivity index (χ3n) is 12.5. The van der Waals surface area contributed by atoms with E-state index in [1.165, 1.54) is 76.3 Å². The fourth-order valence-corrected chi connectivity index (χ4v) is 9.50. The molecule has 1 aliphatic rings. The maximum absolute atomic E-state index is 6.30. The summed E-state index contributed by atoms with van der Waals surface area (Å²) in [5, 5.41) is 4.95. The minimum atomic E-state index is 0.0678. The van der Waals surface area contributed by atoms with Crippen LogP contribution in [-0.4, -0.2) is 0 Å². The number of nitrogens with zero attached hydrogens (tertiary/aromatic N) is 1. The highest BCUT2D eigenvalue weighted by Crippen LogP contribution is 2.50.